The van der Waals surface area contributed by atoms with Crippen LogP contribution in [0.15, 0.2) is 24.3 Å². The molecule has 1 N–H and O–H groups in total. The van der Waals surface area contributed by atoms with Gasteiger partial charge in [0, 0.05) is 12.3 Å². The fourth-order valence-electron chi connectivity index (χ4n) is 1.19. The molecule has 0 fully saturated rings. The standard InChI is InChI=1S/C8H7N.C7H15NO2S/c1-7-3-2-4-8(5-7)6-9;1-7(2,3)10-6(9)8-4-5-11/h2-5H,1H3;11H,4-5H2,1-3H3,(H,8,9). The first kappa shape index (κ1) is 18.3. The molecule has 0 aliphatic carbocycles. The summed E-state index contributed by atoms with van der Waals surface area (Å²) in [7, 11) is 0. The van der Waals surface area contributed by atoms with Crippen molar-refractivity contribution in [2.75, 3.05) is 12.3 Å². The van der Waals surface area contributed by atoms with Crippen molar-refractivity contribution >= 4 is 18.7 Å². The number of nitrogens with zero attached hydrogens (tertiary/aromatic N) is 1. The maximum atomic E-state index is 10.9. The molecule has 0 spiro atoms. The molecule has 0 aromatic heterocycles. The molecule has 0 bridgehead atoms. The van der Waals surface area contributed by atoms with Gasteiger partial charge < -0.3 is 10.1 Å². The molecule has 1 rings (SSSR count). The van der Waals surface area contributed by atoms with Crippen LogP contribution in [0.1, 0.15) is 31.9 Å². The number of thiol groups is 1. The van der Waals surface area contributed by atoms with E-state index in [2.05, 4.69) is 24.0 Å². The number of aryl methyl sites for hydroxylation is 1. The number of hydrogen-bond acceptors (Lipinski definition) is 4. The van der Waals surface area contributed by atoms with Crippen molar-refractivity contribution in [1.29, 1.82) is 5.26 Å². The van der Waals surface area contributed by atoms with Gasteiger partial charge in [0.15, 0.2) is 0 Å². The molecule has 1 aromatic carbocycles. The third kappa shape index (κ3) is 10.3. The van der Waals surface area contributed by atoms with E-state index in [0.717, 1.165) is 11.1 Å². The molecule has 5 heteroatoms. The molecule has 0 aliphatic rings. The summed E-state index contributed by atoms with van der Waals surface area (Å²) in [5.74, 6) is 0.624. The molecule has 1 aromatic rings. The van der Waals surface area contributed by atoms with Crippen molar-refractivity contribution in [2.24, 2.45) is 0 Å². The van der Waals surface area contributed by atoms with Gasteiger partial charge in [0.25, 0.3) is 0 Å². The van der Waals surface area contributed by atoms with E-state index in [-0.39, 0.29) is 6.09 Å². The van der Waals surface area contributed by atoms with Gasteiger partial charge in [-0.3, -0.25) is 0 Å². The van der Waals surface area contributed by atoms with Crippen molar-refractivity contribution in [3.63, 3.8) is 0 Å². The number of nitriles is 1. The fourth-order valence-corrected chi connectivity index (χ4v) is 1.30. The number of nitrogens with one attached hydrogen (secondary N) is 1. The lowest BCUT2D eigenvalue weighted by Gasteiger charge is -2.19. The molecule has 0 heterocycles. The third-order valence-corrected chi connectivity index (χ3v) is 2.15. The third-order valence-electron chi connectivity index (χ3n) is 1.93. The largest absolute Gasteiger partial charge is 0.444 e. The van der Waals surface area contributed by atoms with Crippen LogP contribution in [0.2, 0.25) is 0 Å². The van der Waals surface area contributed by atoms with Crippen LogP contribution in [0.25, 0.3) is 0 Å². The normalized spacial score (nSPS) is 9.80. The minimum absolute atomic E-state index is 0.383. The number of rotatable bonds is 2. The topological polar surface area (TPSA) is 62.1 Å². The molecular formula is C15H22N2O2S. The van der Waals surface area contributed by atoms with Gasteiger partial charge in [-0.25, -0.2) is 4.79 Å². The first-order valence-corrected chi connectivity index (χ1v) is 6.96. The van der Waals surface area contributed by atoms with Crippen LogP contribution in [0.5, 0.6) is 0 Å². The zero-order chi connectivity index (χ0) is 15.6. The summed E-state index contributed by atoms with van der Waals surface area (Å²) in [5, 5.41) is 11.0. The molecular weight excluding hydrogens is 272 g/mol. The zero-order valence-electron chi connectivity index (χ0n) is 12.4. The summed E-state index contributed by atoms with van der Waals surface area (Å²) < 4.78 is 4.96. The second-order valence-electron chi connectivity index (χ2n) is 5.13. The van der Waals surface area contributed by atoms with Gasteiger partial charge in [-0.1, -0.05) is 12.1 Å². The molecule has 0 aliphatic heterocycles. The van der Waals surface area contributed by atoms with Gasteiger partial charge >= 0.3 is 6.09 Å². The van der Waals surface area contributed by atoms with Crippen LogP contribution in [0, 0.1) is 18.3 Å². The number of amides is 1. The highest BCUT2D eigenvalue weighted by Crippen LogP contribution is 2.06. The SMILES string of the molecule is CC(C)(C)OC(=O)NCCS.Cc1cccc(C#N)c1. The predicted molar refractivity (Wildman–Crippen MR) is 84.0 cm³/mol. The second kappa shape index (κ2) is 9.27. The van der Waals surface area contributed by atoms with E-state index >= 15 is 0 Å². The number of alkyl carbamates (subject to hydrolysis) is 1. The van der Waals surface area contributed by atoms with E-state index in [4.69, 9.17) is 10.00 Å². The number of carbonyl (C=O) groups is 1. The van der Waals surface area contributed by atoms with Crippen LogP contribution >= 0.6 is 12.6 Å². The Balaban J connectivity index is 0.000000367. The van der Waals surface area contributed by atoms with Crippen molar-refractivity contribution < 1.29 is 9.53 Å². The lowest BCUT2D eigenvalue weighted by Crippen LogP contribution is -2.33. The summed E-state index contributed by atoms with van der Waals surface area (Å²) in [6.07, 6.45) is -0.383. The summed E-state index contributed by atoms with van der Waals surface area (Å²) in [6.45, 7) is 7.99. The summed E-state index contributed by atoms with van der Waals surface area (Å²) >= 11 is 3.94. The number of hydrogen-bond donors (Lipinski definition) is 2. The summed E-state index contributed by atoms with van der Waals surface area (Å²) in [5.41, 5.74) is 1.45. The smallest absolute Gasteiger partial charge is 0.407 e. The van der Waals surface area contributed by atoms with Gasteiger partial charge in [0.2, 0.25) is 0 Å². The number of ether oxygens (including phenoxy) is 1. The van der Waals surface area contributed by atoms with Crippen LogP contribution in [-0.2, 0) is 4.74 Å². The number of carbonyl (C=O) groups excluding carboxylic acids is 1. The van der Waals surface area contributed by atoms with Crippen molar-refractivity contribution in [3.8, 4) is 6.07 Å². The Hall–Kier alpha value is -1.67. The fraction of sp³-hybridized carbons (Fsp3) is 0.467. The Kier molecular flexibility index (Phi) is 8.49. The monoisotopic (exact) mass is 294 g/mol. The van der Waals surface area contributed by atoms with Crippen molar-refractivity contribution in [3.05, 3.63) is 35.4 Å². The second-order valence-corrected chi connectivity index (χ2v) is 5.58. The van der Waals surface area contributed by atoms with Crippen LogP contribution in [-0.4, -0.2) is 24.0 Å². The Labute approximate surface area is 126 Å². The quantitative estimate of drug-likeness (QED) is 0.823. The molecule has 0 unspecified atom stereocenters. The maximum absolute atomic E-state index is 10.9. The van der Waals surface area contributed by atoms with Crippen molar-refractivity contribution in [2.45, 2.75) is 33.3 Å². The van der Waals surface area contributed by atoms with Gasteiger partial charge in [0.1, 0.15) is 5.60 Å². The van der Waals surface area contributed by atoms with Crippen LogP contribution in [0.3, 0.4) is 0 Å². The highest BCUT2D eigenvalue weighted by Gasteiger charge is 2.14. The Morgan fingerprint density at radius 1 is 1.45 bits per heavy atom. The molecule has 0 atom stereocenters. The minimum Gasteiger partial charge on any atom is -0.444 e. The first-order valence-electron chi connectivity index (χ1n) is 6.33. The van der Waals surface area contributed by atoms with Crippen LogP contribution < -0.4 is 5.32 Å². The minimum atomic E-state index is -0.416. The highest BCUT2D eigenvalue weighted by molar-refractivity contribution is 7.80. The van der Waals surface area contributed by atoms with E-state index in [1.807, 2.05) is 45.9 Å². The van der Waals surface area contributed by atoms with Gasteiger partial charge in [-0.15, -0.1) is 0 Å². The summed E-state index contributed by atoms with van der Waals surface area (Å²) in [4.78, 5) is 10.9. The van der Waals surface area contributed by atoms with E-state index in [1.54, 1.807) is 6.07 Å². The molecule has 4 nitrogen and oxygen atoms in total. The molecule has 0 saturated heterocycles. The molecule has 20 heavy (non-hydrogen) atoms. The molecule has 0 radical (unpaired) electrons. The van der Waals surface area contributed by atoms with Gasteiger partial charge in [-0.05, 0) is 45.4 Å². The summed E-state index contributed by atoms with van der Waals surface area (Å²) in [6, 6.07) is 9.58. The average Bonchev–Trinajstić information content (AvgIpc) is 2.35. The Morgan fingerprint density at radius 2 is 2.10 bits per heavy atom. The molecule has 1 amide bonds. The first-order chi connectivity index (χ1) is 9.28. The zero-order valence-corrected chi connectivity index (χ0v) is 13.3. The lowest BCUT2D eigenvalue weighted by molar-refractivity contribution is 0.0531. The number of benzene rings is 1. The molecule has 110 valence electrons. The van der Waals surface area contributed by atoms with Crippen molar-refractivity contribution in [1.82, 2.24) is 5.32 Å². The van der Waals surface area contributed by atoms with E-state index in [9.17, 15) is 4.79 Å². The highest BCUT2D eigenvalue weighted by atomic mass is 32.1. The van der Waals surface area contributed by atoms with Gasteiger partial charge in [0.05, 0.1) is 11.6 Å². The van der Waals surface area contributed by atoms with Crippen LogP contribution in [0.4, 0.5) is 4.79 Å². The average molecular weight is 294 g/mol. The Morgan fingerprint density at radius 3 is 2.50 bits per heavy atom. The molecule has 0 saturated carbocycles. The predicted octanol–water partition coefficient (Wildman–Crippen LogP) is 3.31. The van der Waals surface area contributed by atoms with E-state index < -0.39 is 5.60 Å². The van der Waals surface area contributed by atoms with E-state index in [1.165, 1.54) is 0 Å². The van der Waals surface area contributed by atoms with E-state index in [0.29, 0.717) is 12.3 Å². The maximum Gasteiger partial charge on any atom is 0.407 e. The Bertz CT molecular complexity index is 462. The lowest BCUT2D eigenvalue weighted by atomic mass is 10.2. The van der Waals surface area contributed by atoms with Gasteiger partial charge in [-0.2, -0.15) is 17.9 Å².